The Bertz CT molecular complexity index is 857. The lowest BCUT2D eigenvalue weighted by atomic mass is 9.86. The molecule has 0 fully saturated rings. The van der Waals surface area contributed by atoms with Gasteiger partial charge in [-0.2, -0.15) is 5.10 Å². The summed E-state index contributed by atoms with van der Waals surface area (Å²) in [7, 11) is 1.85. The quantitative estimate of drug-likeness (QED) is 0.714. The highest BCUT2D eigenvalue weighted by Gasteiger charge is 2.19. The van der Waals surface area contributed by atoms with E-state index in [1.807, 2.05) is 37.4 Å². The number of nitrogens with one attached hydrogen (secondary N) is 1. The standard InChI is InChI=1S/C21H24N4O/c1-16-8-6-7-11-18(16)19(17-9-4-3-5-10-17)14-21(26)22-13-12-20-23-15-24-25(20)2/h3-11,15,19H,12-14H2,1-2H3,(H,22,26)/t19-/m0/s1. The van der Waals surface area contributed by atoms with Crippen LogP contribution in [0.5, 0.6) is 0 Å². The molecular formula is C21H24N4O. The lowest BCUT2D eigenvalue weighted by Gasteiger charge is -2.20. The number of rotatable bonds is 7. The average Bonchev–Trinajstić information content (AvgIpc) is 3.06. The van der Waals surface area contributed by atoms with Gasteiger partial charge in [0.15, 0.2) is 0 Å². The van der Waals surface area contributed by atoms with E-state index in [-0.39, 0.29) is 11.8 Å². The first kappa shape index (κ1) is 17.9. The molecule has 0 aliphatic rings. The first-order chi connectivity index (χ1) is 12.6. The molecule has 1 heterocycles. The van der Waals surface area contributed by atoms with E-state index in [0.29, 0.717) is 19.4 Å². The zero-order chi connectivity index (χ0) is 18.4. The maximum Gasteiger partial charge on any atom is 0.220 e. The number of hydrogen-bond donors (Lipinski definition) is 1. The predicted molar refractivity (Wildman–Crippen MR) is 102 cm³/mol. The zero-order valence-corrected chi connectivity index (χ0v) is 15.2. The van der Waals surface area contributed by atoms with E-state index in [2.05, 4.69) is 46.6 Å². The first-order valence-electron chi connectivity index (χ1n) is 8.85. The molecule has 1 atom stereocenters. The largest absolute Gasteiger partial charge is 0.356 e. The fourth-order valence-corrected chi connectivity index (χ4v) is 3.19. The van der Waals surface area contributed by atoms with Gasteiger partial charge >= 0.3 is 0 Å². The molecular weight excluding hydrogens is 324 g/mol. The summed E-state index contributed by atoms with van der Waals surface area (Å²) in [5, 5.41) is 7.06. The van der Waals surface area contributed by atoms with Gasteiger partial charge < -0.3 is 5.32 Å². The topological polar surface area (TPSA) is 59.8 Å². The number of carbonyl (C=O) groups is 1. The van der Waals surface area contributed by atoms with Crippen molar-refractivity contribution in [2.45, 2.75) is 25.7 Å². The van der Waals surface area contributed by atoms with E-state index in [1.165, 1.54) is 17.5 Å². The van der Waals surface area contributed by atoms with Gasteiger partial charge in [-0.25, -0.2) is 4.98 Å². The SMILES string of the molecule is Cc1ccccc1[C@@H](CC(=O)NCCc1ncnn1C)c1ccccc1. The molecule has 0 radical (unpaired) electrons. The highest BCUT2D eigenvalue weighted by molar-refractivity contribution is 5.77. The Hall–Kier alpha value is -2.95. The number of hydrogen-bond acceptors (Lipinski definition) is 3. The maximum absolute atomic E-state index is 12.6. The third-order valence-electron chi connectivity index (χ3n) is 4.63. The smallest absolute Gasteiger partial charge is 0.220 e. The average molecular weight is 348 g/mol. The van der Waals surface area contributed by atoms with E-state index < -0.39 is 0 Å². The number of aromatic nitrogens is 3. The van der Waals surface area contributed by atoms with E-state index in [4.69, 9.17) is 0 Å². The summed E-state index contributed by atoms with van der Waals surface area (Å²) in [6, 6.07) is 18.5. The molecule has 0 aliphatic heterocycles. The van der Waals surface area contributed by atoms with Crippen LogP contribution in [0.1, 0.15) is 34.9 Å². The fraction of sp³-hybridized carbons (Fsp3) is 0.286. The van der Waals surface area contributed by atoms with Crippen LogP contribution in [-0.4, -0.2) is 27.2 Å². The second kappa shape index (κ2) is 8.43. The Morgan fingerprint density at radius 2 is 1.85 bits per heavy atom. The summed E-state index contributed by atoms with van der Waals surface area (Å²) in [5.74, 6) is 0.959. The second-order valence-corrected chi connectivity index (χ2v) is 6.42. The van der Waals surface area contributed by atoms with Gasteiger partial charge in [-0.15, -0.1) is 0 Å². The molecule has 1 N–H and O–H groups in total. The lowest BCUT2D eigenvalue weighted by molar-refractivity contribution is -0.121. The molecule has 0 spiro atoms. The van der Waals surface area contributed by atoms with Crippen molar-refractivity contribution in [3.05, 3.63) is 83.4 Å². The Morgan fingerprint density at radius 1 is 1.12 bits per heavy atom. The number of amides is 1. The van der Waals surface area contributed by atoms with Crippen LogP contribution in [0.3, 0.4) is 0 Å². The molecule has 3 rings (SSSR count). The Labute approximate surface area is 154 Å². The van der Waals surface area contributed by atoms with Gasteiger partial charge in [0.05, 0.1) is 0 Å². The van der Waals surface area contributed by atoms with Gasteiger partial charge in [0.1, 0.15) is 12.2 Å². The number of aryl methyl sites for hydroxylation is 2. The molecule has 0 saturated carbocycles. The maximum atomic E-state index is 12.6. The van der Waals surface area contributed by atoms with Gasteiger partial charge in [-0.05, 0) is 23.6 Å². The summed E-state index contributed by atoms with van der Waals surface area (Å²) in [5.41, 5.74) is 3.56. The van der Waals surface area contributed by atoms with Crippen molar-refractivity contribution >= 4 is 5.91 Å². The van der Waals surface area contributed by atoms with Crippen LogP contribution in [0.2, 0.25) is 0 Å². The summed E-state index contributed by atoms with van der Waals surface area (Å²) in [6.45, 7) is 2.65. The molecule has 1 aromatic heterocycles. The third kappa shape index (κ3) is 4.36. The van der Waals surface area contributed by atoms with Gasteiger partial charge in [0.25, 0.3) is 0 Å². The van der Waals surface area contributed by atoms with Crippen molar-refractivity contribution < 1.29 is 4.79 Å². The van der Waals surface area contributed by atoms with Gasteiger partial charge in [-0.1, -0.05) is 54.6 Å². The molecule has 26 heavy (non-hydrogen) atoms. The number of nitrogens with zero attached hydrogens (tertiary/aromatic N) is 3. The van der Waals surface area contributed by atoms with Gasteiger partial charge in [-0.3, -0.25) is 9.48 Å². The van der Waals surface area contributed by atoms with Crippen LogP contribution in [0.25, 0.3) is 0 Å². The third-order valence-corrected chi connectivity index (χ3v) is 4.63. The highest BCUT2D eigenvalue weighted by Crippen LogP contribution is 2.30. The van der Waals surface area contributed by atoms with E-state index in [0.717, 1.165) is 11.4 Å². The van der Waals surface area contributed by atoms with E-state index in [1.54, 1.807) is 4.68 Å². The summed E-state index contributed by atoms with van der Waals surface area (Å²) in [6.07, 6.45) is 2.62. The molecule has 3 aromatic rings. The fourth-order valence-electron chi connectivity index (χ4n) is 3.19. The minimum Gasteiger partial charge on any atom is -0.356 e. The molecule has 5 heteroatoms. The normalized spacial score (nSPS) is 11.9. The van der Waals surface area contributed by atoms with E-state index in [9.17, 15) is 4.79 Å². The molecule has 0 saturated heterocycles. The Morgan fingerprint density at radius 3 is 2.54 bits per heavy atom. The van der Waals surface area contributed by atoms with Crippen molar-refractivity contribution in [1.29, 1.82) is 0 Å². The summed E-state index contributed by atoms with van der Waals surface area (Å²) < 4.78 is 1.73. The van der Waals surface area contributed by atoms with Crippen LogP contribution < -0.4 is 5.32 Å². The monoisotopic (exact) mass is 348 g/mol. The molecule has 0 aliphatic carbocycles. The number of benzene rings is 2. The van der Waals surface area contributed by atoms with Crippen LogP contribution in [-0.2, 0) is 18.3 Å². The molecule has 0 bridgehead atoms. The lowest BCUT2D eigenvalue weighted by Crippen LogP contribution is -2.28. The van der Waals surface area contributed by atoms with Crippen molar-refractivity contribution in [2.24, 2.45) is 7.05 Å². The first-order valence-corrected chi connectivity index (χ1v) is 8.85. The Balaban J connectivity index is 1.69. The van der Waals surface area contributed by atoms with Gasteiger partial charge in [0.2, 0.25) is 5.91 Å². The molecule has 134 valence electrons. The minimum absolute atomic E-state index is 0.0456. The Kier molecular flexibility index (Phi) is 5.79. The molecule has 0 unspecified atom stereocenters. The zero-order valence-electron chi connectivity index (χ0n) is 15.2. The van der Waals surface area contributed by atoms with Crippen molar-refractivity contribution in [1.82, 2.24) is 20.1 Å². The minimum atomic E-state index is 0.0456. The summed E-state index contributed by atoms with van der Waals surface area (Å²) in [4.78, 5) is 16.8. The van der Waals surface area contributed by atoms with Crippen LogP contribution in [0.15, 0.2) is 60.9 Å². The van der Waals surface area contributed by atoms with Crippen LogP contribution in [0.4, 0.5) is 0 Å². The van der Waals surface area contributed by atoms with Crippen LogP contribution >= 0.6 is 0 Å². The van der Waals surface area contributed by atoms with Crippen molar-refractivity contribution in [2.75, 3.05) is 6.54 Å². The molecule has 1 amide bonds. The number of carbonyl (C=O) groups excluding carboxylic acids is 1. The highest BCUT2D eigenvalue weighted by atomic mass is 16.1. The van der Waals surface area contributed by atoms with E-state index >= 15 is 0 Å². The molecule has 2 aromatic carbocycles. The van der Waals surface area contributed by atoms with Gasteiger partial charge in [0, 0.05) is 32.4 Å². The molecule has 5 nitrogen and oxygen atoms in total. The van der Waals surface area contributed by atoms with Crippen molar-refractivity contribution in [3.63, 3.8) is 0 Å². The van der Waals surface area contributed by atoms with Crippen LogP contribution in [0, 0.1) is 6.92 Å². The summed E-state index contributed by atoms with van der Waals surface area (Å²) >= 11 is 0. The second-order valence-electron chi connectivity index (χ2n) is 6.42. The van der Waals surface area contributed by atoms with Crippen molar-refractivity contribution in [3.8, 4) is 0 Å². The predicted octanol–water partition coefficient (Wildman–Crippen LogP) is 3.00.